The van der Waals surface area contributed by atoms with Crippen molar-refractivity contribution < 1.29 is 14.6 Å². The number of ether oxygens (including phenoxy) is 2. The van der Waals surface area contributed by atoms with E-state index in [0.29, 0.717) is 0 Å². The van der Waals surface area contributed by atoms with Crippen LogP contribution in [0.15, 0.2) is 0 Å². The molecule has 0 radical (unpaired) electrons. The molecule has 4 aliphatic carbocycles. The topological polar surface area (TPSA) is 38.7 Å². The number of fused-ring (bicyclic) bond motifs is 6. The van der Waals surface area contributed by atoms with E-state index in [1.165, 1.54) is 38.5 Å². The summed E-state index contributed by atoms with van der Waals surface area (Å²) in [7, 11) is 0. The summed E-state index contributed by atoms with van der Waals surface area (Å²) < 4.78 is 12.4. The molecule has 0 aromatic carbocycles. The Kier molecular flexibility index (Phi) is 3.42. The Morgan fingerprint density at radius 2 is 1.61 bits per heavy atom. The van der Waals surface area contributed by atoms with Crippen LogP contribution in [0.1, 0.15) is 64.7 Å². The van der Waals surface area contributed by atoms with Crippen molar-refractivity contribution >= 4 is 0 Å². The molecule has 23 heavy (non-hydrogen) atoms. The smallest absolute Gasteiger partial charge is 0.174 e. The normalized spacial score (nSPS) is 54.5. The highest BCUT2D eigenvalue weighted by Crippen LogP contribution is 2.66. The minimum Gasteiger partial charge on any atom is -0.393 e. The second kappa shape index (κ2) is 5.19. The van der Waals surface area contributed by atoms with Crippen molar-refractivity contribution in [3.05, 3.63) is 0 Å². The summed E-state index contributed by atoms with van der Waals surface area (Å²) in [5.74, 6) is 4.05. The van der Waals surface area contributed by atoms with E-state index in [1.807, 2.05) is 0 Å². The molecule has 5 rings (SSSR count). The summed E-state index contributed by atoms with van der Waals surface area (Å²) in [5, 5.41) is 10.0. The molecule has 0 amide bonds. The van der Waals surface area contributed by atoms with E-state index in [4.69, 9.17) is 9.47 Å². The lowest BCUT2D eigenvalue weighted by molar-refractivity contribution is -0.243. The van der Waals surface area contributed by atoms with Gasteiger partial charge in [0.2, 0.25) is 0 Å². The van der Waals surface area contributed by atoms with Gasteiger partial charge in [0, 0.05) is 11.8 Å². The molecular weight excluding hydrogens is 288 g/mol. The van der Waals surface area contributed by atoms with Crippen LogP contribution >= 0.6 is 0 Å². The fourth-order valence-corrected chi connectivity index (χ4v) is 7.71. The molecule has 0 bridgehead atoms. The largest absolute Gasteiger partial charge is 0.393 e. The van der Waals surface area contributed by atoms with Crippen molar-refractivity contribution in [2.45, 2.75) is 76.6 Å². The maximum absolute atomic E-state index is 10.0. The number of rotatable bonds is 0. The monoisotopic (exact) mass is 320 g/mol. The van der Waals surface area contributed by atoms with Crippen molar-refractivity contribution in [3.8, 4) is 0 Å². The summed E-state index contributed by atoms with van der Waals surface area (Å²) >= 11 is 0. The Morgan fingerprint density at radius 3 is 2.43 bits per heavy atom. The van der Waals surface area contributed by atoms with Crippen LogP contribution in [0.3, 0.4) is 0 Å². The zero-order valence-electron chi connectivity index (χ0n) is 14.5. The predicted octanol–water partition coefficient (Wildman–Crippen LogP) is 3.74. The molecule has 4 saturated carbocycles. The lowest BCUT2D eigenvalue weighted by Crippen LogP contribution is -2.54. The molecule has 3 heteroatoms. The maximum atomic E-state index is 10.0. The van der Waals surface area contributed by atoms with Gasteiger partial charge in [-0.2, -0.15) is 0 Å². The highest BCUT2D eigenvalue weighted by molar-refractivity contribution is 5.10. The van der Waals surface area contributed by atoms with Crippen LogP contribution in [-0.4, -0.2) is 30.2 Å². The van der Waals surface area contributed by atoms with Crippen LogP contribution in [0.2, 0.25) is 0 Å². The van der Waals surface area contributed by atoms with Gasteiger partial charge < -0.3 is 14.6 Å². The van der Waals surface area contributed by atoms with Crippen molar-refractivity contribution in [2.75, 3.05) is 13.2 Å². The molecule has 5 fully saturated rings. The summed E-state index contributed by atoms with van der Waals surface area (Å²) in [5.41, 5.74) is 0.242. The third-order valence-corrected chi connectivity index (χ3v) is 8.72. The first kappa shape index (κ1) is 15.2. The van der Waals surface area contributed by atoms with Crippen molar-refractivity contribution in [2.24, 2.45) is 35.0 Å². The van der Waals surface area contributed by atoms with Crippen molar-refractivity contribution in [3.63, 3.8) is 0 Å². The van der Waals surface area contributed by atoms with Gasteiger partial charge in [-0.1, -0.05) is 6.92 Å². The molecule has 130 valence electrons. The van der Waals surface area contributed by atoms with E-state index in [1.54, 1.807) is 0 Å². The Bertz CT molecular complexity index is 472. The first-order chi connectivity index (χ1) is 11.1. The van der Waals surface area contributed by atoms with Gasteiger partial charge in [0.05, 0.1) is 19.3 Å². The molecule has 1 heterocycles. The van der Waals surface area contributed by atoms with Gasteiger partial charge in [0.15, 0.2) is 5.79 Å². The number of aliphatic hydroxyl groups excluding tert-OH is 1. The van der Waals surface area contributed by atoms with Crippen LogP contribution < -0.4 is 0 Å². The molecule has 0 aromatic rings. The minimum atomic E-state index is -0.248. The molecule has 0 unspecified atom stereocenters. The van der Waals surface area contributed by atoms with E-state index < -0.39 is 0 Å². The maximum Gasteiger partial charge on any atom is 0.174 e. The van der Waals surface area contributed by atoms with Crippen LogP contribution in [0.25, 0.3) is 0 Å². The lowest BCUT2D eigenvalue weighted by Gasteiger charge is -2.57. The number of hydrogen-bond acceptors (Lipinski definition) is 3. The number of hydrogen-bond donors (Lipinski definition) is 1. The molecule has 7 atom stereocenters. The van der Waals surface area contributed by atoms with Crippen LogP contribution in [0.4, 0.5) is 0 Å². The molecule has 1 aliphatic heterocycles. The van der Waals surface area contributed by atoms with Crippen molar-refractivity contribution in [1.29, 1.82) is 0 Å². The van der Waals surface area contributed by atoms with E-state index in [2.05, 4.69) is 6.92 Å². The summed E-state index contributed by atoms with van der Waals surface area (Å²) in [6, 6.07) is 0. The third kappa shape index (κ3) is 1.99. The van der Waals surface area contributed by atoms with Crippen molar-refractivity contribution in [1.82, 2.24) is 0 Å². The third-order valence-electron chi connectivity index (χ3n) is 8.72. The molecule has 0 aromatic heterocycles. The summed E-state index contributed by atoms with van der Waals surface area (Å²) in [6.07, 6.45) is 11.2. The van der Waals surface area contributed by atoms with Gasteiger partial charge >= 0.3 is 0 Å². The molecular formula is C20H32O3. The van der Waals surface area contributed by atoms with E-state index in [0.717, 1.165) is 62.1 Å². The fraction of sp³-hybridized carbons (Fsp3) is 1.00. The van der Waals surface area contributed by atoms with Crippen LogP contribution in [-0.2, 0) is 9.47 Å². The Labute approximate surface area is 140 Å². The number of aliphatic hydroxyl groups is 1. The predicted molar refractivity (Wildman–Crippen MR) is 87.8 cm³/mol. The van der Waals surface area contributed by atoms with Gasteiger partial charge in [-0.3, -0.25) is 0 Å². The standard InChI is InChI=1S/C20H32O3/c1-19-8-6-16-15-5-3-14(21)12-13(15)2-4-17(16)18(19)7-9-20(19)22-10-11-23-20/h13-18,21H,2-12H2,1H3/t13-,14-,15+,16-,17-,18+,19+/m1/s1. The first-order valence-corrected chi connectivity index (χ1v) is 10.1. The first-order valence-electron chi connectivity index (χ1n) is 10.1. The van der Waals surface area contributed by atoms with E-state index >= 15 is 0 Å². The summed E-state index contributed by atoms with van der Waals surface area (Å²) in [4.78, 5) is 0. The molecule has 1 saturated heterocycles. The fourth-order valence-electron chi connectivity index (χ4n) is 7.71. The minimum absolute atomic E-state index is 0.0169. The molecule has 1 N–H and O–H groups in total. The SMILES string of the molecule is C[C@]12CC[C@H]3[C@@H](CC[C@@H]4C[C@H](O)CC[C@@H]43)[C@@H]1CCC21OCCO1. The highest BCUT2D eigenvalue weighted by atomic mass is 16.7. The van der Waals surface area contributed by atoms with Gasteiger partial charge in [0.1, 0.15) is 0 Å². The zero-order chi connectivity index (χ0) is 15.7. The van der Waals surface area contributed by atoms with E-state index in [9.17, 15) is 5.11 Å². The average molecular weight is 320 g/mol. The summed E-state index contributed by atoms with van der Waals surface area (Å²) in [6.45, 7) is 4.06. The lowest BCUT2D eigenvalue weighted by atomic mass is 9.50. The zero-order valence-corrected chi connectivity index (χ0v) is 14.5. The van der Waals surface area contributed by atoms with Crippen LogP contribution in [0.5, 0.6) is 0 Å². The molecule has 5 aliphatic rings. The van der Waals surface area contributed by atoms with Gasteiger partial charge in [-0.05, 0) is 81.0 Å². The van der Waals surface area contributed by atoms with Gasteiger partial charge in [0.25, 0.3) is 0 Å². The Balaban J connectivity index is 1.41. The Morgan fingerprint density at radius 1 is 0.826 bits per heavy atom. The molecule has 3 nitrogen and oxygen atoms in total. The van der Waals surface area contributed by atoms with Gasteiger partial charge in [-0.15, -0.1) is 0 Å². The van der Waals surface area contributed by atoms with Crippen LogP contribution in [0, 0.1) is 35.0 Å². The quantitative estimate of drug-likeness (QED) is 0.739. The second-order valence-corrected chi connectivity index (χ2v) is 9.35. The average Bonchev–Trinajstić information content (AvgIpc) is 3.14. The van der Waals surface area contributed by atoms with Gasteiger partial charge in [-0.25, -0.2) is 0 Å². The Hall–Kier alpha value is -0.120. The second-order valence-electron chi connectivity index (χ2n) is 9.35. The van der Waals surface area contributed by atoms with E-state index in [-0.39, 0.29) is 17.3 Å². The highest BCUT2D eigenvalue weighted by Gasteiger charge is 2.65. The molecule has 1 spiro atoms.